The topological polar surface area (TPSA) is 38.8 Å². The van der Waals surface area contributed by atoms with Crippen molar-refractivity contribution < 1.29 is 14.3 Å². The van der Waals surface area contributed by atoms with Crippen LogP contribution in [0.3, 0.4) is 0 Å². The van der Waals surface area contributed by atoms with E-state index in [1.807, 2.05) is 6.92 Å². The van der Waals surface area contributed by atoms with Gasteiger partial charge in [-0.1, -0.05) is 17.7 Å². The Labute approximate surface area is 113 Å². The van der Waals surface area contributed by atoms with Gasteiger partial charge < -0.3 is 14.4 Å². The zero-order chi connectivity index (χ0) is 13.1. The zero-order valence-electron chi connectivity index (χ0n) is 10.8. The van der Waals surface area contributed by atoms with Gasteiger partial charge >= 0.3 is 0 Å². The molecule has 0 fully saturated rings. The lowest BCUT2D eigenvalue weighted by Gasteiger charge is -2.13. The number of rotatable bonds is 11. The van der Waals surface area contributed by atoms with E-state index in [1.165, 1.54) is 10.8 Å². The Morgan fingerprint density at radius 3 is 2.59 bits per heavy atom. The Bertz CT molecular complexity index is 205. The van der Waals surface area contributed by atoms with Gasteiger partial charge in [0.05, 0.1) is 25.1 Å². The van der Waals surface area contributed by atoms with E-state index >= 15 is 0 Å². The Balaban J connectivity index is 3.27. The second kappa shape index (κ2) is 11.3. The third kappa shape index (κ3) is 9.91. The van der Waals surface area contributed by atoms with Crippen molar-refractivity contribution in [3.05, 3.63) is 0 Å². The van der Waals surface area contributed by atoms with Crippen molar-refractivity contribution in [3.63, 3.8) is 0 Å². The van der Waals surface area contributed by atoms with E-state index in [0.29, 0.717) is 19.8 Å². The molecule has 0 aromatic carbocycles. The molecule has 17 heavy (non-hydrogen) atoms. The molecule has 0 aliphatic rings. The summed E-state index contributed by atoms with van der Waals surface area (Å²) in [4.78, 5) is 13.5. The van der Waals surface area contributed by atoms with Gasteiger partial charge in [0.15, 0.2) is 5.78 Å². The van der Waals surface area contributed by atoms with E-state index < -0.39 is 0 Å². The number of likely N-dealkylation sites (N-methyl/N-ethyl adjacent to an activating group) is 1. The van der Waals surface area contributed by atoms with Gasteiger partial charge in [-0.3, -0.25) is 4.79 Å². The highest BCUT2D eigenvalue weighted by atomic mass is 33.1. The summed E-state index contributed by atoms with van der Waals surface area (Å²) in [5, 5.41) is -0.113. The van der Waals surface area contributed by atoms with Crippen LogP contribution in [0.5, 0.6) is 0 Å². The summed E-state index contributed by atoms with van der Waals surface area (Å²) in [6, 6.07) is 0. The van der Waals surface area contributed by atoms with Gasteiger partial charge in [-0.05, 0) is 20.5 Å². The van der Waals surface area contributed by atoms with Crippen LogP contribution in [0.4, 0.5) is 0 Å². The molecule has 6 heteroatoms. The molecule has 0 bridgehead atoms. The van der Waals surface area contributed by atoms with E-state index in [-0.39, 0.29) is 17.6 Å². The number of ketones is 1. The predicted octanol–water partition coefficient (Wildman–Crippen LogP) is 1.51. The van der Waals surface area contributed by atoms with Gasteiger partial charge in [-0.25, -0.2) is 0 Å². The number of Topliss-reactive ketones (excluding diaryl/α,β-unsaturated/α-hetero) is 1. The third-order valence-electron chi connectivity index (χ3n) is 2.39. The van der Waals surface area contributed by atoms with E-state index in [2.05, 4.69) is 30.5 Å². The van der Waals surface area contributed by atoms with Crippen LogP contribution in [0.2, 0.25) is 0 Å². The Kier molecular flexibility index (Phi) is 11.5. The molecule has 0 aromatic rings. The predicted molar refractivity (Wildman–Crippen MR) is 75.9 cm³/mol. The summed E-state index contributed by atoms with van der Waals surface area (Å²) in [5.74, 6) is 0.0655. The SMILES string of the molecule is CCN(C)CCOCCOCC(=O)C(C)SS. The largest absolute Gasteiger partial charge is 0.378 e. The maximum atomic E-state index is 11.3. The van der Waals surface area contributed by atoms with Crippen LogP contribution < -0.4 is 0 Å². The number of nitrogens with zero attached hydrogens (tertiary/aromatic N) is 1. The number of hydrogen-bond acceptors (Lipinski definition) is 6. The van der Waals surface area contributed by atoms with Crippen molar-refractivity contribution in [3.8, 4) is 0 Å². The third-order valence-corrected chi connectivity index (χ3v) is 3.91. The van der Waals surface area contributed by atoms with E-state index in [1.54, 1.807) is 0 Å². The molecular formula is C11H23NO3S2. The van der Waals surface area contributed by atoms with Crippen LogP contribution >= 0.6 is 22.5 Å². The van der Waals surface area contributed by atoms with Crippen molar-refractivity contribution >= 4 is 28.2 Å². The number of carbonyl (C=O) groups is 1. The molecule has 0 rings (SSSR count). The van der Waals surface area contributed by atoms with Crippen LogP contribution in [0.25, 0.3) is 0 Å². The molecule has 0 saturated heterocycles. The standard InChI is InChI=1S/C11H23NO3S2/c1-4-12(3)5-6-14-7-8-15-9-11(13)10(2)17-16/h10,16H,4-9H2,1-3H3. The maximum absolute atomic E-state index is 11.3. The van der Waals surface area contributed by atoms with Crippen molar-refractivity contribution in [2.45, 2.75) is 19.1 Å². The Morgan fingerprint density at radius 1 is 1.35 bits per heavy atom. The molecule has 1 atom stereocenters. The quantitative estimate of drug-likeness (QED) is 0.353. The summed E-state index contributed by atoms with van der Waals surface area (Å²) in [6.45, 7) is 7.71. The van der Waals surface area contributed by atoms with Crippen molar-refractivity contribution in [1.82, 2.24) is 4.90 Å². The minimum Gasteiger partial charge on any atom is -0.378 e. The molecule has 0 aliphatic carbocycles. The average molecular weight is 281 g/mol. The molecule has 0 aliphatic heterocycles. The molecule has 0 spiro atoms. The minimum absolute atomic E-state index is 0.0655. The molecule has 0 amide bonds. The first kappa shape index (κ1) is 17.2. The molecule has 102 valence electrons. The molecule has 0 heterocycles. The van der Waals surface area contributed by atoms with Gasteiger partial charge in [0.2, 0.25) is 0 Å². The molecule has 4 nitrogen and oxygen atoms in total. The van der Waals surface area contributed by atoms with Crippen LogP contribution in [-0.2, 0) is 14.3 Å². The fourth-order valence-corrected chi connectivity index (χ4v) is 1.49. The van der Waals surface area contributed by atoms with Gasteiger partial charge in [-0.2, -0.15) is 0 Å². The Morgan fingerprint density at radius 2 is 2.00 bits per heavy atom. The number of carbonyl (C=O) groups excluding carboxylic acids is 1. The zero-order valence-corrected chi connectivity index (χ0v) is 12.6. The number of hydrogen-bond donors (Lipinski definition) is 1. The maximum Gasteiger partial charge on any atom is 0.171 e. The van der Waals surface area contributed by atoms with Crippen molar-refractivity contribution in [2.75, 3.05) is 46.6 Å². The summed E-state index contributed by atoms with van der Waals surface area (Å²) >= 11 is 3.99. The number of thiol groups is 1. The second-order valence-electron chi connectivity index (χ2n) is 3.77. The molecule has 1 unspecified atom stereocenters. The van der Waals surface area contributed by atoms with Gasteiger partial charge in [0.1, 0.15) is 6.61 Å². The van der Waals surface area contributed by atoms with Crippen molar-refractivity contribution in [1.29, 1.82) is 0 Å². The second-order valence-corrected chi connectivity index (χ2v) is 5.33. The lowest BCUT2D eigenvalue weighted by Crippen LogP contribution is -2.24. The minimum atomic E-state index is -0.113. The molecule has 0 N–H and O–H groups in total. The van der Waals surface area contributed by atoms with E-state index in [0.717, 1.165) is 13.1 Å². The summed E-state index contributed by atoms with van der Waals surface area (Å²) in [7, 11) is 3.29. The first-order chi connectivity index (χ1) is 8.11. The molecule has 0 radical (unpaired) electrons. The van der Waals surface area contributed by atoms with Gasteiger partial charge in [-0.15, -0.1) is 11.7 Å². The summed E-state index contributed by atoms with van der Waals surface area (Å²) in [6.07, 6.45) is 0. The van der Waals surface area contributed by atoms with Gasteiger partial charge in [0.25, 0.3) is 0 Å². The molecule has 0 aromatic heterocycles. The molecular weight excluding hydrogens is 258 g/mol. The first-order valence-corrected chi connectivity index (χ1v) is 7.72. The first-order valence-electron chi connectivity index (χ1n) is 5.78. The summed E-state index contributed by atoms with van der Waals surface area (Å²) < 4.78 is 10.6. The summed E-state index contributed by atoms with van der Waals surface area (Å²) in [5.41, 5.74) is 0. The fraction of sp³-hybridized carbons (Fsp3) is 0.909. The highest BCUT2D eigenvalue weighted by Gasteiger charge is 2.11. The van der Waals surface area contributed by atoms with Crippen LogP contribution in [0.15, 0.2) is 0 Å². The lowest BCUT2D eigenvalue weighted by molar-refractivity contribution is -0.123. The average Bonchev–Trinajstić information content (AvgIpc) is 2.35. The smallest absolute Gasteiger partial charge is 0.171 e. The normalized spacial score (nSPS) is 13.0. The fourth-order valence-electron chi connectivity index (χ4n) is 0.947. The van der Waals surface area contributed by atoms with Crippen LogP contribution in [-0.4, -0.2) is 62.5 Å². The monoisotopic (exact) mass is 281 g/mol. The van der Waals surface area contributed by atoms with E-state index in [9.17, 15) is 4.79 Å². The van der Waals surface area contributed by atoms with Gasteiger partial charge in [0, 0.05) is 6.54 Å². The van der Waals surface area contributed by atoms with Crippen LogP contribution in [0.1, 0.15) is 13.8 Å². The Hall–Kier alpha value is 0.250. The van der Waals surface area contributed by atoms with Crippen molar-refractivity contribution in [2.24, 2.45) is 0 Å². The lowest BCUT2D eigenvalue weighted by atomic mass is 10.3. The molecule has 0 saturated carbocycles. The highest BCUT2D eigenvalue weighted by Crippen LogP contribution is 2.14. The van der Waals surface area contributed by atoms with Crippen LogP contribution in [0, 0.1) is 0 Å². The van der Waals surface area contributed by atoms with E-state index in [4.69, 9.17) is 9.47 Å². The number of ether oxygens (including phenoxy) is 2. The highest BCUT2D eigenvalue weighted by molar-refractivity contribution is 8.69.